The number of hydrogen-bond donors (Lipinski definition) is 2. The molecule has 2 aromatic carbocycles. The lowest BCUT2D eigenvalue weighted by molar-refractivity contribution is -0.119. The van der Waals surface area contributed by atoms with E-state index in [1.165, 1.54) is 7.11 Å². The van der Waals surface area contributed by atoms with Crippen LogP contribution in [0.1, 0.15) is 20.9 Å². The summed E-state index contributed by atoms with van der Waals surface area (Å²) in [5.74, 6) is -0.0991. The fourth-order valence-electron chi connectivity index (χ4n) is 2.84. The SMILES string of the molecule is COc1cc(C(=O)NCCc2ccc(-c3csc(C)n3)cc2)ccc1OCC(N)=O. The van der Waals surface area contributed by atoms with Gasteiger partial charge in [0.15, 0.2) is 18.1 Å². The third-order valence-corrected chi connectivity index (χ3v) is 5.14. The summed E-state index contributed by atoms with van der Waals surface area (Å²) >= 11 is 1.63. The molecular weight excluding hydrogens is 402 g/mol. The number of aromatic nitrogens is 1. The van der Waals surface area contributed by atoms with Gasteiger partial charge in [0.05, 0.1) is 17.8 Å². The molecule has 0 atom stereocenters. The first-order valence-corrected chi connectivity index (χ1v) is 10.2. The Labute approximate surface area is 178 Å². The van der Waals surface area contributed by atoms with Crippen LogP contribution in [0.2, 0.25) is 0 Å². The summed E-state index contributed by atoms with van der Waals surface area (Å²) in [7, 11) is 1.46. The van der Waals surface area contributed by atoms with Crippen LogP contribution in [0.4, 0.5) is 0 Å². The summed E-state index contributed by atoms with van der Waals surface area (Å²) in [6.07, 6.45) is 0.707. The van der Waals surface area contributed by atoms with E-state index in [2.05, 4.69) is 10.3 Å². The van der Waals surface area contributed by atoms with Gasteiger partial charge in [0.25, 0.3) is 11.8 Å². The van der Waals surface area contributed by atoms with Crippen molar-refractivity contribution >= 4 is 23.2 Å². The van der Waals surface area contributed by atoms with Gasteiger partial charge in [0, 0.05) is 23.1 Å². The van der Waals surface area contributed by atoms with Crippen molar-refractivity contribution in [3.63, 3.8) is 0 Å². The van der Waals surface area contributed by atoms with E-state index >= 15 is 0 Å². The number of benzene rings is 2. The zero-order valence-corrected chi connectivity index (χ0v) is 17.6. The number of nitrogens with zero attached hydrogens (tertiary/aromatic N) is 1. The Kier molecular flexibility index (Phi) is 7.03. The number of amides is 2. The van der Waals surface area contributed by atoms with E-state index in [1.807, 2.05) is 36.6 Å². The highest BCUT2D eigenvalue weighted by molar-refractivity contribution is 7.09. The number of thiazole rings is 1. The Morgan fingerprint density at radius 1 is 1.13 bits per heavy atom. The second-order valence-electron chi connectivity index (χ2n) is 6.58. The van der Waals surface area contributed by atoms with Crippen molar-refractivity contribution in [1.82, 2.24) is 10.3 Å². The van der Waals surface area contributed by atoms with E-state index in [0.29, 0.717) is 30.0 Å². The van der Waals surface area contributed by atoms with E-state index in [4.69, 9.17) is 15.2 Å². The van der Waals surface area contributed by atoms with Gasteiger partial charge < -0.3 is 20.5 Å². The van der Waals surface area contributed by atoms with E-state index in [0.717, 1.165) is 21.8 Å². The minimum Gasteiger partial charge on any atom is -0.493 e. The second-order valence-corrected chi connectivity index (χ2v) is 7.64. The molecule has 0 saturated heterocycles. The van der Waals surface area contributed by atoms with Crippen LogP contribution in [-0.4, -0.2) is 37.1 Å². The average Bonchev–Trinajstić information content (AvgIpc) is 3.18. The maximum absolute atomic E-state index is 12.4. The first-order chi connectivity index (χ1) is 14.5. The number of aryl methyl sites for hydroxylation is 1. The third-order valence-electron chi connectivity index (χ3n) is 4.36. The first kappa shape index (κ1) is 21.3. The average molecular weight is 426 g/mol. The molecule has 8 heteroatoms. The Balaban J connectivity index is 1.54. The van der Waals surface area contributed by atoms with Crippen molar-refractivity contribution in [2.75, 3.05) is 20.3 Å². The van der Waals surface area contributed by atoms with Crippen molar-refractivity contribution in [2.24, 2.45) is 5.73 Å². The third kappa shape index (κ3) is 5.57. The quantitative estimate of drug-likeness (QED) is 0.549. The molecule has 3 N–H and O–H groups in total. The lowest BCUT2D eigenvalue weighted by atomic mass is 10.1. The van der Waals surface area contributed by atoms with Crippen molar-refractivity contribution in [1.29, 1.82) is 0 Å². The molecule has 0 aliphatic heterocycles. The Morgan fingerprint density at radius 2 is 1.90 bits per heavy atom. The zero-order chi connectivity index (χ0) is 21.5. The van der Waals surface area contributed by atoms with Crippen LogP contribution in [0.25, 0.3) is 11.3 Å². The number of nitrogens with two attached hydrogens (primary N) is 1. The number of nitrogens with one attached hydrogen (secondary N) is 1. The molecule has 3 aromatic rings. The summed E-state index contributed by atoms with van der Waals surface area (Å²) in [6, 6.07) is 12.9. The topological polar surface area (TPSA) is 104 Å². The standard InChI is InChI=1S/C22H23N3O4S/c1-14-25-18(13-30-14)16-5-3-15(4-6-16)9-10-24-22(27)17-7-8-19(20(11-17)28-2)29-12-21(23)26/h3-8,11,13H,9-10,12H2,1-2H3,(H2,23,26)(H,24,27). The van der Waals surface area contributed by atoms with Crippen LogP contribution in [0.5, 0.6) is 11.5 Å². The van der Waals surface area contributed by atoms with Crippen LogP contribution < -0.4 is 20.5 Å². The molecule has 0 fully saturated rings. The Morgan fingerprint density at radius 3 is 2.53 bits per heavy atom. The highest BCUT2D eigenvalue weighted by Crippen LogP contribution is 2.28. The Hall–Kier alpha value is -3.39. The van der Waals surface area contributed by atoms with E-state index in [9.17, 15) is 9.59 Å². The maximum Gasteiger partial charge on any atom is 0.255 e. The molecule has 3 rings (SSSR count). The van der Waals surface area contributed by atoms with Gasteiger partial charge in [0.2, 0.25) is 0 Å². The summed E-state index contributed by atoms with van der Waals surface area (Å²) in [5.41, 5.74) is 8.70. The van der Waals surface area contributed by atoms with Crippen LogP contribution in [0, 0.1) is 6.92 Å². The van der Waals surface area contributed by atoms with Gasteiger partial charge in [0.1, 0.15) is 0 Å². The molecule has 0 radical (unpaired) electrons. The Bertz CT molecular complexity index is 1030. The van der Waals surface area contributed by atoms with Gasteiger partial charge in [-0.3, -0.25) is 9.59 Å². The fraction of sp³-hybridized carbons (Fsp3) is 0.227. The smallest absolute Gasteiger partial charge is 0.255 e. The summed E-state index contributed by atoms with van der Waals surface area (Å²) < 4.78 is 10.5. The van der Waals surface area contributed by atoms with Gasteiger partial charge in [-0.05, 0) is 37.1 Å². The number of carbonyl (C=O) groups excluding carboxylic acids is 2. The van der Waals surface area contributed by atoms with Crippen LogP contribution in [0.3, 0.4) is 0 Å². The normalized spacial score (nSPS) is 10.5. The summed E-state index contributed by atoms with van der Waals surface area (Å²) in [5, 5.41) is 5.99. The van der Waals surface area contributed by atoms with Crippen LogP contribution in [-0.2, 0) is 11.2 Å². The van der Waals surface area contributed by atoms with Gasteiger partial charge in [-0.25, -0.2) is 4.98 Å². The molecule has 1 heterocycles. The number of carbonyl (C=O) groups is 2. The number of ether oxygens (including phenoxy) is 2. The van der Waals surface area contributed by atoms with E-state index in [-0.39, 0.29) is 12.5 Å². The lowest BCUT2D eigenvalue weighted by Crippen LogP contribution is -2.25. The first-order valence-electron chi connectivity index (χ1n) is 9.35. The van der Waals surface area contributed by atoms with Crippen molar-refractivity contribution < 1.29 is 19.1 Å². The predicted octanol–water partition coefficient (Wildman–Crippen LogP) is 2.96. The van der Waals surface area contributed by atoms with Gasteiger partial charge >= 0.3 is 0 Å². The number of methoxy groups -OCH3 is 1. The largest absolute Gasteiger partial charge is 0.493 e. The molecule has 30 heavy (non-hydrogen) atoms. The second kappa shape index (κ2) is 9.89. The predicted molar refractivity (Wildman–Crippen MR) is 116 cm³/mol. The zero-order valence-electron chi connectivity index (χ0n) is 16.8. The molecule has 7 nitrogen and oxygen atoms in total. The van der Waals surface area contributed by atoms with Crippen LogP contribution in [0.15, 0.2) is 47.8 Å². The summed E-state index contributed by atoms with van der Waals surface area (Å²) in [4.78, 5) is 27.8. The van der Waals surface area contributed by atoms with Crippen LogP contribution >= 0.6 is 11.3 Å². The number of rotatable bonds is 9. The fourth-order valence-corrected chi connectivity index (χ4v) is 3.46. The molecular formula is C22H23N3O4S. The minimum atomic E-state index is -0.589. The highest BCUT2D eigenvalue weighted by Gasteiger charge is 2.12. The van der Waals surface area contributed by atoms with Gasteiger partial charge in [-0.1, -0.05) is 24.3 Å². The molecule has 0 unspecified atom stereocenters. The molecule has 1 aromatic heterocycles. The summed E-state index contributed by atoms with van der Waals surface area (Å²) in [6.45, 7) is 2.22. The highest BCUT2D eigenvalue weighted by atomic mass is 32.1. The number of primary amides is 1. The molecule has 156 valence electrons. The molecule has 0 saturated carbocycles. The van der Waals surface area contributed by atoms with Gasteiger partial charge in [-0.2, -0.15) is 0 Å². The molecule has 2 amide bonds. The minimum absolute atomic E-state index is 0.218. The maximum atomic E-state index is 12.4. The van der Waals surface area contributed by atoms with Gasteiger partial charge in [-0.15, -0.1) is 11.3 Å². The molecule has 0 aliphatic rings. The van der Waals surface area contributed by atoms with E-state index in [1.54, 1.807) is 29.5 Å². The van der Waals surface area contributed by atoms with Crippen molar-refractivity contribution in [3.05, 3.63) is 64.0 Å². The van der Waals surface area contributed by atoms with Crippen molar-refractivity contribution in [2.45, 2.75) is 13.3 Å². The van der Waals surface area contributed by atoms with Crippen molar-refractivity contribution in [3.8, 4) is 22.8 Å². The lowest BCUT2D eigenvalue weighted by Gasteiger charge is -2.11. The number of hydrogen-bond acceptors (Lipinski definition) is 6. The monoisotopic (exact) mass is 425 g/mol. The molecule has 0 bridgehead atoms. The molecule has 0 spiro atoms. The molecule has 0 aliphatic carbocycles. The van der Waals surface area contributed by atoms with E-state index < -0.39 is 5.91 Å².